The third-order valence-corrected chi connectivity index (χ3v) is 3.69. The van der Waals surface area contributed by atoms with E-state index in [4.69, 9.17) is 0 Å². The zero-order chi connectivity index (χ0) is 15.8. The van der Waals surface area contributed by atoms with Crippen LogP contribution in [0.5, 0.6) is 0 Å². The van der Waals surface area contributed by atoms with Crippen LogP contribution in [-0.4, -0.2) is 17.6 Å². The van der Waals surface area contributed by atoms with Crippen molar-refractivity contribution in [3.05, 3.63) is 29.3 Å². The van der Waals surface area contributed by atoms with Crippen LogP contribution in [0.4, 0.5) is 14.5 Å². The van der Waals surface area contributed by atoms with Crippen molar-refractivity contribution in [2.45, 2.75) is 51.5 Å². The van der Waals surface area contributed by atoms with Crippen molar-refractivity contribution < 1.29 is 18.4 Å². The first kappa shape index (κ1) is 15.6. The lowest BCUT2D eigenvalue weighted by Gasteiger charge is -2.25. The van der Waals surface area contributed by atoms with Gasteiger partial charge in [-0.3, -0.25) is 9.59 Å². The zero-order valence-corrected chi connectivity index (χ0v) is 12.4. The van der Waals surface area contributed by atoms with Crippen LogP contribution in [0.2, 0.25) is 0 Å². The average Bonchev–Trinajstić information content (AvgIpc) is 2.35. The van der Waals surface area contributed by atoms with E-state index in [1.807, 2.05) is 20.8 Å². The van der Waals surface area contributed by atoms with Crippen LogP contribution in [0.1, 0.15) is 45.6 Å². The highest BCUT2D eigenvalue weighted by Crippen LogP contribution is 2.32. The molecule has 1 aliphatic carbocycles. The van der Waals surface area contributed by atoms with Crippen molar-refractivity contribution in [2.24, 2.45) is 0 Å². The Morgan fingerprint density at radius 1 is 1.19 bits per heavy atom. The molecule has 1 atom stereocenters. The lowest BCUT2D eigenvalue weighted by Crippen LogP contribution is -2.36. The van der Waals surface area contributed by atoms with Gasteiger partial charge in [0.15, 0.2) is 11.6 Å². The van der Waals surface area contributed by atoms with Crippen molar-refractivity contribution in [3.63, 3.8) is 0 Å². The van der Waals surface area contributed by atoms with Crippen LogP contribution in [0.25, 0.3) is 0 Å². The van der Waals surface area contributed by atoms with E-state index in [-0.39, 0.29) is 36.5 Å². The van der Waals surface area contributed by atoms with Crippen LogP contribution in [0.15, 0.2) is 12.1 Å². The average molecular weight is 295 g/mol. The quantitative estimate of drug-likeness (QED) is 0.851. The molecule has 1 N–H and O–H groups in total. The Labute approximate surface area is 122 Å². The van der Waals surface area contributed by atoms with Gasteiger partial charge in [-0.05, 0) is 23.5 Å². The highest BCUT2D eigenvalue weighted by molar-refractivity contribution is 6.04. The van der Waals surface area contributed by atoms with Crippen molar-refractivity contribution >= 4 is 17.3 Å². The van der Waals surface area contributed by atoms with Gasteiger partial charge in [0, 0.05) is 6.42 Å². The monoisotopic (exact) mass is 295 g/mol. The molecule has 0 aromatic heterocycles. The number of rotatable bonds is 2. The maximum Gasteiger partial charge on any atom is 0.162 e. The summed E-state index contributed by atoms with van der Waals surface area (Å²) < 4.78 is 28.4. The summed E-state index contributed by atoms with van der Waals surface area (Å²) in [5, 5.41) is 2.65. The molecule has 114 valence electrons. The minimum absolute atomic E-state index is 0.123. The molecule has 0 aliphatic heterocycles. The Morgan fingerprint density at radius 2 is 1.86 bits per heavy atom. The topological polar surface area (TPSA) is 46.2 Å². The molecule has 1 aromatic carbocycles. The van der Waals surface area contributed by atoms with Gasteiger partial charge in [0.1, 0.15) is 17.3 Å². The first-order valence-electron chi connectivity index (χ1n) is 6.99. The van der Waals surface area contributed by atoms with Gasteiger partial charge in [0.2, 0.25) is 0 Å². The third kappa shape index (κ3) is 3.28. The Balaban J connectivity index is 2.32. The molecule has 1 unspecified atom stereocenters. The Hall–Kier alpha value is -1.78. The molecule has 0 bridgehead atoms. The number of nitrogens with one attached hydrogen (secondary N) is 1. The van der Waals surface area contributed by atoms with Gasteiger partial charge in [0.05, 0.1) is 12.5 Å². The number of carbonyl (C=O) groups is 2. The molecule has 0 spiro atoms. The molecule has 0 heterocycles. The van der Waals surface area contributed by atoms with Gasteiger partial charge < -0.3 is 5.32 Å². The summed E-state index contributed by atoms with van der Waals surface area (Å²) in [7, 11) is 0. The van der Waals surface area contributed by atoms with Crippen LogP contribution < -0.4 is 5.32 Å². The third-order valence-electron chi connectivity index (χ3n) is 3.69. The van der Waals surface area contributed by atoms with Crippen LogP contribution in [-0.2, 0) is 15.0 Å². The van der Waals surface area contributed by atoms with Gasteiger partial charge in [0.25, 0.3) is 0 Å². The molecule has 21 heavy (non-hydrogen) atoms. The van der Waals surface area contributed by atoms with Crippen LogP contribution in [0, 0.1) is 11.6 Å². The van der Waals surface area contributed by atoms with Gasteiger partial charge in [-0.2, -0.15) is 0 Å². The second-order valence-electron chi connectivity index (χ2n) is 6.45. The SMILES string of the molecule is CC(C)(C)c1ccc(F)c(NC2CCC(=O)CC2=O)c1F. The fraction of sp³-hybridized carbons (Fsp3) is 0.500. The standard InChI is InChI=1S/C16H19F2NO2/c1-16(2,3)10-5-6-11(17)15(14(10)18)19-12-7-4-9(20)8-13(12)21/h5-6,12,19H,4,7-8H2,1-3H3. The summed E-state index contributed by atoms with van der Waals surface area (Å²) in [6.07, 6.45) is 0.363. The maximum absolute atomic E-state index is 14.5. The molecule has 3 nitrogen and oxygen atoms in total. The van der Waals surface area contributed by atoms with Crippen LogP contribution >= 0.6 is 0 Å². The first-order chi connectivity index (χ1) is 9.70. The van der Waals surface area contributed by atoms with Gasteiger partial charge in [-0.15, -0.1) is 0 Å². The summed E-state index contributed by atoms with van der Waals surface area (Å²) in [5.41, 5.74) is -0.373. The number of halogens is 2. The predicted octanol–water partition coefficient (Wildman–Crippen LogP) is 3.36. The number of anilines is 1. The van der Waals surface area contributed by atoms with Gasteiger partial charge in [-0.1, -0.05) is 26.8 Å². The summed E-state index contributed by atoms with van der Waals surface area (Å²) in [6.45, 7) is 5.49. The van der Waals surface area contributed by atoms with Crippen molar-refractivity contribution in [1.29, 1.82) is 0 Å². The lowest BCUT2D eigenvalue weighted by molar-refractivity contribution is -0.130. The highest BCUT2D eigenvalue weighted by Gasteiger charge is 2.30. The highest BCUT2D eigenvalue weighted by atomic mass is 19.1. The second-order valence-corrected chi connectivity index (χ2v) is 6.45. The van der Waals surface area contributed by atoms with E-state index in [0.29, 0.717) is 5.56 Å². The van der Waals surface area contributed by atoms with E-state index < -0.39 is 23.1 Å². The number of hydrogen-bond acceptors (Lipinski definition) is 3. The lowest BCUT2D eigenvalue weighted by atomic mass is 9.86. The molecule has 1 aliphatic rings. The summed E-state index contributed by atoms with van der Waals surface area (Å²) in [5.74, 6) is -1.84. The summed E-state index contributed by atoms with van der Waals surface area (Å²) in [6, 6.07) is 1.91. The summed E-state index contributed by atoms with van der Waals surface area (Å²) in [4.78, 5) is 23.0. The molecule has 1 saturated carbocycles. The minimum atomic E-state index is -0.731. The van der Waals surface area contributed by atoms with Gasteiger partial charge >= 0.3 is 0 Å². The normalized spacial score (nSPS) is 19.8. The molecule has 5 heteroatoms. The molecule has 0 saturated heterocycles. The summed E-state index contributed by atoms with van der Waals surface area (Å²) >= 11 is 0. The Bertz CT molecular complexity index is 591. The Kier molecular flexibility index (Phi) is 4.12. The fourth-order valence-corrected chi connectivity index (χ4v) is 2.46. The molecular formula is C16H19F2NO2. The van der Waals surface area contributed by atoms with Crippen molar-refractivity contribution in [3.8, 4) is 0 Å². The molecular weight excluding hydrogens is 276 g/mol. The molecule has 0 amide bonds. The maximum atomic E-state index is 14.5. The number of Topliss-reactive ketones (excluding diaryl/α,β-unsaturated/α-hetero) is 2. The Morgan fingerprint density at radius 3 is 2.43 bits per heavy atom. The molecule has 2 rings (SSSR count). The minimum Gasteiger partial charge on any atom is -0.370 e. The van der Waals surface area contributed by atoms with E-state index >= 15 is 0 Å². The zero-order valence-electron chi connectivity index (χ0n) is 12.4. The van der Waals surface area contributed by atoms with E-state index in [1.54, 1.807) is 0 Å². The predicted molar refractivity (Wildman–Crippen MR) is 76.3 cm³/mol. The first-order valence-corrected chi connectivity index (χ1v) is 6.99. The van der Waals surface area contributed by atoms with Crippen molar-refractivity contribution in [1.82, 2.24) is 0 Å². The van der Waals surface area contributed by atoms with Crippen LogP contribution in [0.3, 0.4) is 0 Å². The number of hydrogen-bond donors (Lipinski definition) is 1. The number of benzene rings is 1. The number of ketones is 2. The smallest absolute Gasteiger partial charge is 0.162 e. The van der Waals surface area contributed by atoms with Crippen molar-refractivity contribution in [2.75, 3.05) is 5.32 Å². The van der Waals surface area contributed by atoms with E-state index in [1.165, 1.54) is 12.1 Å². The molecule has 0 radical (unpaired) electrons. The van der Waals surface area contributed by atoms with E-state index in [9.17, 15) is 18.4 Å². The largest absolute Gasteiger partial charge is 0.370 e. The molecule has 1 fully saturated rings. The second kappa shape index (κ2) is 5.54. The van der Waals surface area contributed by atoms with Gasteiger partial charge in [-0.25, -0.2) is 8.78 Å². The fourth-order valence-electron chi connectivity index (χ4n) is 2.46. The molecule has 1 aromatic rings. The van der Waals surface area contributed by atoms with E-state index in [2.05, 4.69) is 5.32 Å². The van der Waals surface area contributed by atoms with E-state index in [0.717, 1.165) is 0 Å². The number of carbonyl (C=O) groups excluding carboxylic acids is 2.